The highest BCUT2D eigenvalue weighted by molar-refractivity contribution is 6.32. The summed E-state index contributed by atoms with van der Waals surface area (Å²) >= 11 is 5.93. The number of piperidine rings is 1. The maximum Gasteiger partial charge on any atom is 0.573 e. The van der Waals surface area contributed by atoms with E-state index in [4.69, 9.17) is 16.3 Å². The average molecular weight is 524 g/mol. The van der Waals surface area contributed by atoms with Gasteiger partial charge in [0.1, 0.15) is 11.5 Å². The largest absolute Gasteiger partial charge is 0.573 e. The number of hydrogen-bond donors (Lipinski definition) is 1. The first kappa shape index (κ1) is 25.8. The summed E-state index contributed by atoms with van der Waals surface area (Å²) in [5.41, 5.74) is 1.29. The van der Waals surface area contributed by atoms with Crippen LogP contribution in [0.4, 0.5) is 24.8 Å². The van der Waals surface area contributed by atoms with Crippen molar-refractivity contribution in [1.29, 1.82) is 0 Å². The fourth-order valence-electron chi connectivity index (χ4n) is 3.97. The van der Waals surface area contributed by atoms with Gasteiger partial charge in [-0.05, 0) is 57.3 Å². The Morgan fingerprint density at radius 1 is 1.19 bits per heavy atom. The van der Waals surface area contributed by atoms with Crippen molar-refractivity contribution in [2.45, 2.75) is 25.2 Å². The monoisotopic (exact) mass is 523 g/mol. The van der Waals surface area contributed by atoms with Gasteiger partial charge < -0.3 is 24.6 Å². The molecule has 1 aromatic heterocycles. The quantitative estimate of drug-likeness (QED) is 0.479. The van der Waals surface area contributed by atoms with E-state index in [2.05, 4.69) is 43.9 Å². The Morgan fingerprint density at radius 2 is 1.94 bits per heavy atom. The molecule has 4 rings (SSSR count). The number of carbonyl (C=O) groups excluding carboxylic acids is 1. The normalized spacial score (nSPS) is 14.8. The predicted molar refractivity (Wildman–Crippen MR) is 131 cm³/mol. The third-order valence-electron chi connectivity index (χ3n) is 5.82. The van der Waals surface area contributed by atoms with Crippen LogP contribution in [0.5, 0.6) is 11.5 Å². The van der Waals surface area contributed by atoms with Crippen molar-refractivity contribution in [3.8, 4) is 11.5 Å². The van der Waals surface area contributed by atoms with Crippen molar-refractivity contribution in [3.63, 3.8) is 0 Å². The molecule has 8 nitrogen and oxygen atoms in total. The first-order valence-electron chi connectivity index (χ1n) is 11.2. The van der Waals surface area contributed by atoms with Crippen LogP contribution in [0.15, 0.2) is 42.6 Å². The highest BCUT2D eigenvalue weighted by Gasteiger charge is 2.31. The van der Waals surface area contributed by atoms with Crippen LogP contribution in [0.1, 0.15) is 12.8 Å². The minimum atomic E-state index is -4.83. The highest BCUT2D eigenvalue weighted by Crippen LogP contribution is 2.31. The maximum absolute atomic E-state index is 12.3. The van der Waals surface area contributed by atoms with Gasteiger partial charge in [-0.1, -0.05) is 11.6 Å². The van der Waals surface area contributed by atoms with Crippen LogP contribution in [0.3, 0.4) is 0 Å². The van der Waals surface area contributed by atoms with E-state index in [1.165, 1.54) is 6.07 Å². The summed E-state index contributed by atoms with van der Waals surface area (Å²) in [6.07, 6.45) is -0.996. The Morgan fingerprint density at radius 3 is 2.61 bits per heavy atom. The third kappa shape index (κ3) is 6.67. The van der Waals surface area contributed by atoms with Gasteiger partial charge >= 0.3 is 6.36 Å². The third-order valence-corrected chi connectivity index (χ3v) is 6.12. The summed E-state index contributed by atoms with van der Waals surface area (Å²) < 4.78 is 46.1. The molecule has 0 saturated carbocycles. The van der Waals surface area contributed by atoms with E-state index in [0.29, 0.717) is 17.7 Å². The molecule has 36 heavy (non-hydrogen) atoms. The first-order valence-corrected chi connectivity index (χ1v) is 11.6. The number of carbonyl (C=O) groups is 1. The molecule has 0 spiro atoms. The second-order valence-corrected chi connectivity index (χ2v) is 9.01. The minimum absolute atomic E-state index is 0.0513. The molecule has 1 N–H and O–H groups in total. The Bertz CT molecular complexity index is 1230. The molecule has 1 saturated heterocycles. The average Bonchev–Trinajstić information content (AvgIpc) is 2.82. The van der Waals surface area contributed by atoms with Crippen LogP contribution in [0.25, 0.3) is 10.9 Å². The number of benzene rings is 2. The molecule has 2 heterocycles. The number of ether oxygens (including phenoxy) is 2. The molecule has 1 amide bonds. The number of aromatic nitrogens is 2. The van der Waals surface area contributed by atoms with E-state index in [1.807, 2.05) is 0 Å². The van der Waals surface area contributed by atoms with Gasteiger partial charge in [0.05, 0.1) is 10.5 Å². The number of nitrogens with one attached hydrogen (secondary N) is 1. The van der Waals surface area contributed by atoms with Gasteiger partial charge in [-0.3, -0.25) is 4.79 Å². The molecular weight excluding hydrogens is 499 g/mol. The van der Waals surface area contributed by atoms with Crippen molar-refractivity contribution in [2.24, 2.45) is 0 Å². The van der Waals surface area contributed by atoms with Crippen molar-refractivity contribution in [2.75, 3.05) is 44.0 Å². The van der Waals surface area contributed by atoms with Crippen LogP contribution in [0, 0.1) is 0 Å². The predicted octanol–water partition coefficient (Wildman–Crippen LogP) is 4.73. The zero-order valence-electron chi connectivity index (χ0n) is 19.7. The fraction of sp³-hybridized carbons (Fsp3) is 0.375. The van der Waals surface area contributed by atoms with E-state index in [-0.39, 0.29) is 10.8 Å². The molecule has 2 aromatic carbocycles. The van der Waals surface area contributed by atoms with Crippen LogP contribution < -0.4 is 19.7 Å². The highest BCUT2D eigenvalue weighted by atomic mass is 35.5. The second-order valence-electron chi connectivity index (χ2n) is 8.60. The zero-order valence-corrected chi connectivity index (χ0v) is 20.4. The molecule has 1 fully saturated rings. The molecular formula is C24H25ClF3N5O3. The zero-order chi connectivity index (χ0) is 25.9. The van der Waals surface area contributed by atoms with Crippen LogP contribution in [-0.2, 0) is 4.79 Å². The van der Waals surface area contributed by atoms with E-state index in [0.717, 1.165) is 49.0 Å². The lowest BCUT2D eigenvalue weighted by atomic mass is 10.0. The van der Waals surface area contributed by atoms with Gasteiger partial charge in [0, 0.05) is 42.5 Å². The van der Waals surface area contributed by atoms with Crippen LogP contribution in [-0.4, -0.2) is 67.0 Å². The second kappa shape index (κ2) is 10.8. The van der Waals surface area contributed by atoms with Gasteiger partial charge in [0.15, 0.2) is 6.61 Å². The van der Waals surface area contributed by atoms with Crippen molar-refractivity contribution in [3.05, 3.63) is 47.6 Å². The standard InChI is InChI=1S/C24H25ClF3N5O3/c1-32(2)17-7-9-33(10-8-17)23-29-13-15-11-16(3-5-20(15)31-23)30-22(34)14-35-21-6-4-18(12-19(21)25)36-24(26,27)28/h3-6,11-13,17H,7-10,14H2,1-2H3,(H,30,34). The van der Waals surface area contributed by atoms with E-state index in [9.17, 15) is 18.0 Å². The lowest BCUT2D eigenvalue weighted by molar-refractivity contribution is -0.274. The van der Waals surface area contributed by atoms with Crippen LogP contribution >= 0.6 is 11.6 Å². The van der Waals surface area contributed by atoms with Crippen molar-refractivity contribution >= 4 is 40.0 Å². The van der Waals surface area contributed by atoms with Gasteiger partial charge in [-0.2, -0.15) is 0 Å². The number of nitrogens with zero attached hydrogens (tertiary/aromatic N) is 4. The molecule has 0 aliphatic carbocycles. The van der Waals surface area contributed by atoms with Gasteiger partial charge in [-0.15, -0.1) is 13.2 Å². The van der Waals surface area contributed by atoms with E-state index in [1.54, 1.807) is 24.4 Å². The summed E-state index contributed by atoms with van der Waals surface area (Å²) in [4.78, 5) is 25.9. The summed E-state index contributed by atoms with van der Waals surface area (Å²) in [6, 6.07) is 9.07. The number of fused-ring (bicyclic) bond motifs is 1. The number of halogens is 4. The lowest BCUT2D eigenvalue weighted by Gasteiger charge is -2.35. The number of amides is 1. The Hall–Kier alpha value is -3.31. The minimum Gasteiger partial charge on any atom is -0.482 e. The topological polar surface area (TPSA) is 79.8 Å². The summed E-state index contributed by atoms with van der Waals surface area (Å²) in [7, 11) is 4.19. The van der Waals surface area contributed by atoms with Crippen molar-refractivity contribution in [1.82, 2.24) is 14.9 Å². The Balaban J connectivity index is 1.33. The summed E-state index contributed by atoms with van der Waals surface area (Å²) in [6.45, 7) is 1.39. The van der Waals surface area contributed by atoms with E-state index >= 15 is 0 Å². The summed E-state index contributed by atoms with van der Waals surface area (Å²) in [5, 5.41) is 3.36. The number of anilines is 2. The molecule has 0 bridgehead atoms. The Labute approximate surface area is 211 Å². The molecule has 0 atom stereocenters. The number of rotatable bonds is 7. The SMILES string of the molecule is CN(C)C1CCN(c2ncc3cc(NC(=O)COc4ccc(OC(F)(F)F)cc4Cl)ccc3n2)CC1. The number of hydrogen-bond acceptors (Lipinski definition) is 7. The van der Waals surface area contributed by atoms with Gasteiger partial charge in [-0.25, -0.2) is 9.97 Å². The fourth-order valence-corrected chi connectivity index (χ4v) is 4.20. The molecule has 12 heteroatoms. The molecule has 3 aromatic rings. The van der Waals surface area contributed by atoms with Gasteiger partial charge in [0.2, 0.25) is 5.95 Å². The van der Waals surface area contributed by atoms with Gasteiger partial charge in [0.25, 0.3) is 5.91 Å². The molecule has 192 valence electrons. The first-order chi connectivity index (χ1) is 17.1. The molecule has 0 radical (unpaired) electrons. The van der Waals surface area contributed by atoms with Crippen molar-refractivity contribution < 1.29 is 27.4 Å². The van der Waals surface area contributed by atoms with Crippen LogP contribution in [0.2, 0.25) is 5.02 Å². The van der Waals surface area contributed by atoms with E-state index < -0.39 is 24.6 Å². The summed E-state index contributed by atoms with van der Waals surface area (Å²) in [5.74, 6) is -0.213. The molecule has 0 unspecified atom stereocenters. The smallest absolute Gasteiger partial charge is 0.482 e. The maximum atomic E-state index is 12.3. The molecule has 1 aliphatic heterocycles. The number of alkyl halides is 3. The molecule has 1 aliphatic rings. The Kier molecular flexibility index (Phi) is 7.70. The lowest BCUT2D eigenvalue weighted by Crippen LogP contribution is -2.42.